The first-order valence-corrected chi connectivity index (χ1v) is 11.6. The van der Waals surface area contributed by atoms with Crippen LogP contribution >= 0.6 is 11.8 Å². The molecule has 3 N–H and O–H groups in total. The molecule has 4 aromatic rings. The Labute approximate surface area is 185 Å². The molecule has 1 heterocycles. The minimum atomic E-state index is -1.81. The molecule has 5 nitrogen and oxygen atoms in total. The number of carbonyl (C=O) groups is 1. The van der Waals surface area contributed by atoms with Crippen molar-refractivity contribution in [2.24, 2.45) is 0 Å². The zero-order valence-electron chi connectivity index (χ0n) is 17.3. The molecule has 0 bridgehead atoms. The molecule has 6 heteroatoms. The van der Waals surface area contributed by atoms with Crippen LogP contribution in [-0.4, -0.2) is 33.0 Å². The van der Waals surface area contributed by atoms with Crippen molar-refractivity contribution in [3.8, 4) is 0 Å². The molecule has 0 aliphatic rings. The summed E-state index contributed by atoms with van der Waals surface area (Å²) in [7, 11) is 0. The average molecular weight is 432 g/mol. The first kappa shape index (κ1) is 21.2. The number of aromatic amines is 1. The van der Waals surface area contributed by atoms with Crippen molar-refractivity contribution < 1.29 is 9.90 Å². The SMILES string of the molecule is CSCC[C@H](NC(=O)C(O)(c1ccccc1)c1ccccc1)c1nc2ccccc2[nH]1. The van der Waals surface area contributed by atoms with E-state index < -0.39 is 11.5 Å². The van der Waals surface area contributed by atoms with Crippen molar-refractivity contribution in [1.29, 1.82) is 0 Å². The van der Waals surface area contributed by atoms with Crippen molar-refractivity contribution >= 4 is 28.7 Å². The Hall–Kier alpha value is -3.09. The van der Waals surface area contributed by atoms with Crippen LogP contribution in [0.4, 0.5) is 0 Å². The van der Waals surface area contributed by atoms with Gasteiger partial charge in [0.05, 0.1) is 17.1 Å². The topological polar surface area (TPSA) is 78.0 Å². The van der Waals surface area contributed by atoms with Crippen LogP contribution in [0, 0.1) is 0 Å². The predicted octanol–water partition coefficient (Wildman–Crippen LogP) is 4.41. The van der Waals surface area contributed by atoms with Gasteiger partial charge in [0.2, 0.25) is 0 Å². The molecule has 0 fully saturated rings. The number of carbonyl (C=O) groups excluding carboxylic acids is 1. The molecule has 0 unspecified atom stereocenters. The van der Waals surface area contributed by atoms with Crippen LogP contribution in [0.5, 0.6) is 0 Å². The van der Waals surface area contributed by atoms with Gasteiger partial charge in [-0.05, 0) is 41.7 Å². The van der Waals surface area contributed by atoms with Gasteiger partial charge in [0, 0.05) is 0 Å². The highest BCUT2D eigenvalue weighted by Gasteiger charge is 2.41. The van der Waals surface area contributed by atoms with Gasteiger partial charge in [-0.25, -0.2) is 4.98 Å². The van der Waals surface area contributed by atoms with Gasteiger partial charge in [-0.3, -0.25) is 4.79 Å². The van der Waals surface area contributed by atoms with Gasteiger partial charge in [-0.2, -0.15) is 11.8 Å². The number of hydrogen-bond acceptors (Lipinski definition) is 4. The zero-order chi connectivity index (χ0) is 21.7. The standard InChI is InChI=1S/C25H25N3O2S/c1-31-17-16-22(23-26-20-14-8-9-15-21(20)27-23)28-24(29)25(30,18-10-4-2-5-11-18)19-12-6-3-7-13-19/h2-15,22,30H,16-17H2,1H3,(H,26,27)(H,28,29)/t22-/m0/s1. The Morgan fingerprint density at radius 3 is 2.16 bits per heavy atom. The lowest BCUT2D eigenvalue weighted by Gasteiger charge is -2.30. The highest BCUT2D eigenvalue weighted by molar-refractivity contribution is 7.98. The smallest absolute Gasteiger partial charge is 0.262 e. The maximum atomic E-state index is 13.6. The van der Waals surface area contributed by atoms with Gasteiger partial charge in [0.25, 0.3) is 5.91 Å². The molecule has 1 amide bonds. The monoisotopic (exact) mass is 431 g/mol. The highest BCUT2D eigenvalue weighted by Crippen LogP contribution is 2.31. The Balaban J connectivity index is 1.71. The van der Waals surface area contributed by atoms with Gasteiger partial charge >= 0.3 is 0 Å². The molecule has 0 aliphatic heterocycles. The van der Waals surface area contributed by atoms with Gasteiger partial charge in [0.15, 0.2) is 5.60 Å². The van der Waals surface area contributed by atoms with Crippen LogP contribution in [0.2, 0.25) is 0 Å². The number of hydrogen-bond donors (Lipinski definition) is 3. The number of fused-ring (bicyclic) bond motifs is 1. The molecule has 0 radical (unpaired) electrons. The Morgan fingerprint density at radius 1 is 1.00 bits per heavy atom. The number of imidazole rings is 1. The van der Waals surface area contributed by atoms with Gasteiger partial charge in [0.1, 0.15) is 5.82 Å². The fourth-order valence-electron chi connectivity index (χ4n) is 3.70. The molecule has 0 saturated heterocycles. The Morgan fingerprint density at radius 2 is 1.58 bits per heavy atom. The fraction of sp³-hybridized carbons (Fsp3) is 0.200. The van der Waals surface area contributed by atoms with Crippen LogP contribution < -0.4 is 5.32 Å². The molecule has 0 spiro atoms. The van der Waals surface area contributed by atoms with Gasteiger partial charge < -0.3 is 15.4 Å². The van der Waals surface area contributed by atoms with Crippen LogP contribution in [0.25, 0.3) is 11.0 Å². The molecule has 3 aromatic carbocycles. The molecule has 158 valence electrons. The minimum Gasteiger partial charge on any atom is -0.372 e. The van der Waals surface area contributed by atoms with E-state index in [-0.39, 0.29) is 6.04 Å². The average Bonchev–Trinajstić information content (AvgIpc) is 3.26. The van der Waals surface area contributed by atoms with E-state index >= 15 is 0 Å². The second-order valence-corrected chi connectivity index (χ2v) is 8.37. The molecular formula is C25H25N3O2S. The number of nitrogens with one attached hydrogen (secondary N) is 2. The number of rotatable bonds is 8. The van der Waals surface area contributed by atoms with E-state index in [1.807, 2.05) is 66.9 Å². The number of aromatic nitrogens is 2. The minimum absolute atomic E-state index is 0.355. The third-order valence-corrected chi connectivity index (χ3v) is 6.01. The lowest BCUT2D eigenvalue weighted by Crippen LogP contribution is -2.47. The first-order chi connectivity index (χ1) is 15.1. The number of para-hydroxylation sites is 2. The van der Waals surface area contributed by atoms with Crippen molar-refractivity contribution in [3.63, 3.8) is 0 Å². The molecule has 0 aliphatic carbocycles. The Bertz CT molecular complexity index is 1070. The molecule has 4 rings (SSSR count). The van der Waals surface area contributed by atoms with Crippen LogP contribution in [0.1, 0.15) is 29.4 Å². The van der Waals surface area contributed by atoms with E-state index in [2.05, 4.69) is 15.3 Å². The second kappa shape index (κ2) is 9.37. The molecule has 0 saturated carbocycles. The molecule has 1 aromatic heterocycles. The molecule has 1 atom stereocenters. The lowest BCUT2D eigenvalue weighted by molar-refractivity contribution is -0.137. The second-order valence-electron chi connectivity index (χ2n) is 7.39. The third kappa shape index (κ3) is 4.36. The van der Waals surface area contributed by atoms with Crippen molar-refractivity contribution in [2.45, 2.75) is 18.1 Å². The quantitative estimate of drug-likeness (QED) is 0.386. The number of aliphatic hydroxyl groups is 1. The molecular weight excluding hydrogens is 406 g/mol. The van der Waals surface area contributed by atoms with Crippen molar-refractivity contribution in [1.82, 2.24) is 15.3 Å². The normalized spacial score (nSPS) is 12.6. The van der Waals surface area contributed by atoms with Gasteiger partial charge in [-0.15, -0.1) is 0 Å². The summed E-state index contributed by atoms with van der Waals surface area (Å²) in [4.78, 5) is 21.6. The number of benzene rings is 3. The van der Waals surface area contributed by atoms with E-state index in [4.69, 9.17) is 0 Å². The third-order valence-electron chi connectivity index (χ3n) is 5.37. The predicted molar refractivity (Wildman–Crippen MR) is 126 cm³/mol. The summed E-state index contributed by atoms with van der Waals surface area (Å²) in [6, 6.07) is 25.5. The number of H-pyrrole nitrogens is 1. The highest BCUT2D eigenvalue weighted by atomic mass is 32.2. The summed E-state index contributed by atoms with van der Waals surface area (Å²) in [5.41, 5.74) is 0.995. The summed E-state index contributed by atoms with van der Waals surface area (Å²) < 4.78 is 0. The summed E-state index contributed by atoms with van der Waals surface area (Å²) >= 11 is 1.70. The maximum absolute atomic E-state index is 13.6. The van der Waals surface area contributed by atoms with Crippen LogP contribution in [0.3, 0.4) is 0 Å². The van der Waals surface area contributed by atoms with E-state index in [1.165, 1.54) is 0 Å². The van der Waals surface area contributed by atoms with E-state index in [9.17, 15) is 9.90 Å². The van der Waals surface area contributed by atoms with E-state index in [1.54, 1.807) is 36.0 Å². The van der Waals surface area contributed by atoms with Crippen molar-refractivity contribution in [2.75, 3.05) is 12.0 Å². The summed E-state index contributed by atoms with van der Waals surface area (Å²) in [6.45, 7) is 0. The number of amides is 1. The van der Waals surface area contributed by atoms with Gasteiger partial charge in [-0.1, -0.05) is 72.8 Å². The zero-order valence-corrected chi connectivity index (χ0v) is 18.1. The van der Waals surface area contributed by atoms with E-state index in [0.717, 1.165) is 16.8 Å². The first-order valence-electron chi connectivity index (χ1n) is 10.2. The number of nitrogens with zero attached hydrogens (tertiary/aromatic N) is 1. The summed E-state index contributed by atoms with van der Waals surface area (Å²) in [5.74, 6) is 1.06. The Kier molecular flexibility index (Phi) is 6.39. The maximum Gasteiger partial charge on any atom is 0.262 e. The summed E-state index contributed by atoms with van der Waals surface area (Å²) in [5, 5.41) is 14.8. The largest absolute Gasteiger partial charge is 0.372 e. The molecule has 31 heavy (non-hydrogen) atoms. The van der Waals surface area contributed by atoms with Crippen LogP contribution in [-0.2, 0) is 10.4 Å². The van der Waals surface area contributed by atoms with Crippen LogP contribution in [0.15, 0.2) is 84.9 Å². The summed E-state index contributed by atoms with van der Waals surface area (Å²) in [6.07, 6.45) is 2.72. The van der Waals surface area contributed by atoms with E-state index in [0.29, 0.717) is 23.4 Å². The fourth-order valence-corrected chi connectivity index (χ4v) is 4.17. The lowest BCUT2D eigenvalue weighted by atomic mass is 9.85. The number of thioether (sulfide) groups is 1. The van der Waals surface area contributed by atoms with Crippen molar-refractivity contribution in [3.05, 3.63) is 102 Å².